The molecular formula is C14H16N2O4. The number of nitrogens with zero attached hydrogens (tertiary/aromatic N) is 1. The third kappa shape index (κ3) is 3.20. The summed E-state index contributed by atoms with van der Waals surface area (Å²) in [6, 6.07) is 4.32. The number of benzene rings is 1. The van der Waals surface area contributed by atoms with Gasteiger partial charge < -0.3 is 5.32 Å². The van der Waals surface area contributed by atoms with Crippen LogP contribution in [-0.2, 0) is 4.79 Å². The van der Waals surface area contributed by atoms with Crippen molar-refractivity contribution < 1.29 is 14.5 Å². The molecule has 1 aliphatic rings. The fourth-order valence-corrected chi connectivity index (χ4v) is 2.35. The number of amides is 1. The maximum atomic E-state index is 12.1. The van der Waals surface area contributed by atoms with Gasteiger partial charge in [0.2, 0.25) is 0 Å². The number of aryl methyl sites for hydroxylation is 1. The van der Waals surface area contributed by atoms with Crippen molar-refractivity contribution in [3.05, 3.63) is 39.4 Å². The van der Waals surface area contributed by atoms with Gasteiger partial charge in [0.15, 0.2) is 0 Å². The van der Waals surface area contributed by atoms with E-state index in [9.17, 15) is 19.7 Å². The van der Waals surface area contributed by atoms with Gasteiger partial charge in [-0.3, -0.25) is 19.7 Å². The number of nitro benzene ring substituents is 1. The zero-order valence-corrected chi connectivity index (χ0v) is 11.2. The first-order valence-corrected chi connectivity index (χ1v) is 6.55. The highest BCUT2D eigenvalue weighted by Gasteiger charge is 2.21. The van der Waals surface area contributed by atoms with Crippen molar-refractivity contribution in [2.45, 2.75) is 38.6 Å². The van der Waals surface area contributed by atoms with E-state index in [1.165, 1.54) is 18.2 Å². The second-order valence-electron chi connectivity index (χ2n) is 5.04. The van der Waals surface area contributed by atoms with Gasteiger partial charge in [-0.2, -0.15) is 0 Å². The molecule has 0 heterocycles. The molecule has 0 aliphatic heterocycles. The zero-order chi connectivity index (χ0) is 14.7. The largest absolute Gasteiger partial charge is 0.349 e. The first kappa shape index (κ1) is 14.2. The van der Waals surface area contributed by atoms with Crippen LogP contribution in [0, 0.1) is 17.0 Å². The molecule has 0 spiro atoms. The molecule has 6 heteroatoms. The Balaban J connectivity index is 2.04. The van der Waals surface area contributed by atoms with Crippen molar-refractivity contribution in [3.63, 3.8) is 0 Å². The first-order chi connectivity index (χ1) is 9.47. The van der Waals surface area contributed by atoms with Gasteiger partial charge in [0.05, 0.1) is 4.92 Å². The van der Waals surface area contributed by atoms with Gasteiger partial charge >= 0.3 is 0 Å². The van der Waals surface area contributed by atoms with Gasteiger partial charge in [-0.05, 0) is 31.9 Å². The molecule has 1 aliphatic carbocycles. The lowest BCUT2D eigenvalue weighted by atomic mass is 9.94. The third-order valence-electron chi connectivity index (χ3n) is 3.53. The van der Waals surface area contributed by atoms with Gasteiger partial charge in [0.1, 0.15) is 5.78 Å². The molecule has 0 saturated heterocycles. The summed E-state index contributed by atoms with van der Waals surface area (Å²) in [4.78, 5) is 33.5. The van der Waals surface area contributed by atoms with Gasteiger partial charge in [-0.1, -0.05) is 0 Å². The predicted molar refractivity (Wildman–Crippen MR) is 72.6 cm³/mol. The van der Waals surface area contributed by atoms with E-state index in [4.69, 9.17) is 0 Å². The molecule has 0 unspecified atom stereocenters. The number of Topliss-reactive ketones (excluding diaryl/α,β-unsaturated/α-hetero) is 1. The Bertz CT molecular complexity index is 558. The summed E-state index contributed by atoms with van der Waals surface area (Å²) in [6.07, 6.45) is 2.33. The number of hydrogen-bond donors (Lipinski definition) is 1. The summed E-state index contributed by atoms with van der Waals surface area (Å²) in [5, 5.41) is 13.6. The lowest BCUT2D eigenvalue weighted by Crippen LogP contribution is -2.37. The number of nitro groups is 1. The Morgan fingerprint density at radius 1 is 1.35 bits per heavy atom. The summed E-state index contributed by atoms with van der Waals surface area (Å²) in [6.45, 7) is 1.61. The van der Waals surface area contributed by atoms with E-state index < -0.39 is 4.92 Å². The second kappa shape index (κ2) is 5.81. The van der Waals surface area contributed by atoms with Crippen molar-refractivity contribution >= 4 is 17.4 Å². The van der Waals surface area contributed by atoms with E-state index in [0.717, 1.165) is 0 Å². The molecule has 1 saturated carbocycles. The number of hydrogen-bond acceptors (Lipinski definition) is 4. The highest BCUT2D eigenvalue weighted by Crippen LogP contribution is 2.20. The summed E-state index contributed by atoms with van der Waals surface area (Å²) < 4.78 is 0. The van der Waals surface area contributed by atoms with Crippen LogP contribution < -0.4 is 5.32 Å². The van der Waals surface area contributed by atoms with Crippen molar-refractivity contribution in [2.75, 3.05) is 0 Å². The zero-order valence-electron chi connectivity index (χ0n) is 11.2. The van der Waals surface area contributed by atoms with Crippen molar-refractivity contribution in [2.24, 2.45) is 0 Å². The molecule has 20 heavy (non-hydrogen) atoms. The molecule has 6 nitrogen and oxygen atoms in total. The van der Waals surface area contributed by atoms with E-state index in [-0.39, 0.29) is 23.4 Å². The Morgan fingerprint density at radius 3 is 2.55 bits per heavy atom. The number of ketones is 1. The minimum absolute atomic E-state index is 0.00446. The van der Waals surface area contributed by atoms with E-state index in [1.54, 1.807) is 6.92 Å². The molecule has 1 aromatic carbocycles. The number of rotatable bonds is 3. The predicted octanol–water partition coefficient (Wildman–Crippen LogP) is 2.14. The molecular weight excluding hydrogens is 260 g/mol. The van der Waals surface area contributed by atoms with E-state index in [0.29, 0.717) is 36.8 Å². The quantitative estimate of drug-likeness (QED) is 0.676. The SMILES string of the molecule is Cc1cc(C(=O)NC2CCC(=O)CC2)ccc1[N+](=O)[O-]. The standard InChI is InChI=1S/C14H16N2O4/c1-9-8-10(2-7-13(9)16(19)20)14(18)15-11-3-5-12(17)6-4-11/h2,7-8,11H,3-6H2,1H3,(H,15,18). The fourth-order valence-electron chi connectivity index (χ4n) is 2.35. The van der Waals surface area contributed by atoms with Gasteiger partial charge in [-0.25, -0.2) is 0 Å². The summed E-state index contributed by atoms with van der Waals surface area (Å²) in [5.41, 5.74) is 0.872. The maximum Gasteiger partial charge on any atom is 0.272 e. The molecule has 1 amide bonds. The number of carbonyl (C=O) groups excluding carboxylic acids is 2. The third-order valence-corrected chi connectivity index (χ3v) is 3.53. The highest BCUT2D eigenvalue weighted by molar-refractivity contribution is 5.95. The van der Waals surface area contributed by atoms with Crippen LogP contribution in [0.25, 0.3) is 0 Å². The minimum Gasteiger partial charge on any atom is -0.349 e. The molecule has 1 N–H and O–H groups in total. The first-order valence-electron chi connectivity index (χ1n) is 6.55. The monoisotopic (exact) mass is 276 g/mol. The summed E-state index contributed by atoms with van der Waals surface area (Å²) in [5.74, 6) is -0.0102. The van der Waals surface area contributed by atoms with Crippen LogP contribution >= 0.6 is 0 Å². The lowest BCUT2D eigenvalue weighted by Gasteiger charge is -2.22. The molecule has 0 radical (unpaired) electrons. The van der Waals surface area contributed by atoms with Gasteiger partial charge in [0.25, 0.3) is 11.6 Å². The summed E-state index contributed by atoms with van der Waals surface area (Å²) in [7, 11) is 0. The van der Waals surface area contributed by atoms with E-state index in [2.05, 4.69) is 5.32 Å². The smallest absolute Gasteiger partial charge is 0.272 e. The number of carbonyl (C=O) groups is 2. The molecule has 1 aromatic rings. The highest BCUT2D eigenvalue weighted by atomic mass is 16.6. The minimum atomic E-state index is -0.468. The topological polar surface area (TPSA) is 89.3 Å². The van der Waals surface area contributed by atoms with Crippen LogP contribution in [0.4, 0.5) is 5.69 Å². The average Bonchev–Trinajstić information content (AvgIpc) is 2.40. The van der Waals surface area contributed by atoms with Crippen LogP contribution in [0.15, 0.2) is 18.2 Å². The molecule has 1 fully saturated rings. The molecule has 106 valence electrons. The van der Waals surface area contributed by atoms with E-state index in [1.807, 2.05) is 0 Å². The average molecular weight is 276 g/mol. The van der Waals surface area contributed by atoms with Gasteiger partial charge in [0, 0.05) is 36.1 Å². The van der Waals surface area contributed by atoms with Crippen molar-refractivity contribution in [1.29, 1.82) is 0 Å². The van der Waals surface area contributed by atoms with Crippen LogP contribution in [-0.4, -0.2) is 22.7 Å². The van der Waals surface area contributed by atoms with Crippen LogP contribution in [0.1, 0.15) is 41.6 Å². The Hall–Kier alpha value is -2.24. The Kier molecular flexibility index (Phi) is 4.12. The van der Waals surface area contributed by atoms with Crippen LogP contribution in [0.5, 0.6) is 0 Å². The lowest BCUT2D eigenvalue weighted by molar-refractivity contribution is -0.385. The van der Waals surface area contributed by atoms with Crippen molar-refractivity contribution in [3.8, 4) is 0 Å². The Labute approximate surface area is 116 Å². The molecule has 0 atom stereocenters. The van der Waals surface area contributed by atoms with E-state index >= 15 is 0 Å². The van der Waals surface area contributed by atoms with Crippen LogP contribution in [0.2, 0.25) is 0 Å². The van der Waals surface area contributed by atoms with Gasteiger partial charge in [-0.15, -0.1) is 0 Å². The normalized spacial score (nSPS) is 15.9. The van der Waals surface area contributed by atoms with Crippen LogP contribution in [0.3, 0.4) is 0 Å². The Morgan fingerprint density at radius 2 is 2.00 bits per heavy atom. The fraction of sp³-hybridized carbons (Fsp3) is 0.429. The van der Waals surface area contributed by atoms with Crippen molar-refractivity contribution in [1.82, 2.24) is 5.32 Å². The molecule has 0 bridgehead atoms. The summed E-state index contributed by atoms with van der Waals surface area (Å²) >= 11 is 0. The maximum absolute atomic E-state index is 12.1. The molecule has 2 rings (SSSR count). The number of nitrogens with one attached hydrogen (secondary N) is 1. The second-order valence-corrected chi connectivity index (χ2v) is 5.04. The molecule has 0 aromatic heterocycles.